The van der Waals surface area contributed by atoms with Gasteiger partial charge in [-0.15, -0.1) is 13.2 Å². The van der Waals surface area contributed by atoms with Crippen LogP contribution in [0.5, 0.6) is 5.75 Å². The lowest BCUT2D eigenvalue weighted by atomic mass is 9.95. The summed E-state index contributed by atoms with van der Waals surface area (Å²) in [7, 11) is 0. The van der Waals surface area contributed by atoms with Crippen molar-refractivity contribution in [3.63, 3.8) is 0 Å². The lowest BCUT2D eigenvalue weighted by Crippen LogP contribution is -2.47. The molecule has 22 heavy (non-hydrogen) atoms. The van der Waals surface area contributed by atoms with Crippen LogP contribution in [-0.2, 0) is 5.66 Å². The molecule has 1 aromatic rings. The Balaban J connectivity index is 1.92. The van der Waals surface area contributed by atoms with Crippen LogP contribution in [0.3, 0.4) is 0 Å². The number of alkyl halides is 3. The minimum absolute atomic E-state index is 0.340. The number of nitrogens with zero attached hydrogens (tertiary/aromatic N) is 3. The number of rotatable bonds is 2. The van der Waals surface area contributed by atoms with Crippen LogP contribution < -0.4 is 16.2 Å². The van der Waals surface area contributed by atoms with Gasteiger partial charge in [0.15, 0.2) is 11.2 Å². The van der Waals surface area contributed by atoms with Gasteiger partial charge < -0.3 is 10.5 Å². The maximum absolute atomic E-state index is 12.2. The van der Waals surface area contributed by atoms with E-state index in [0.29, 0.717) is 16.3 Å². The molecule has 0 amide bonds. The normalized spacial score (nSPS) is 27.2. The van der Waals surface area contributed by atoms with Crippen LogP contribution in [0.1, 0.15) is 5.56 Å². The molecule has 0 saturated carbocycles. The molecule has 6 nitrogen and oxygen atoms in total. The van der Waals surface area contributed by atoms with Gasteiger partial charge in [0.2, 0.25) is 0 Å². The number of halogens is 3. The molecule has 2 atom stereocenters. The molecule has 0 bridgehead atoms. The van der Waals surface area contributed by atoms with Gasteiger partial charge >= 0.3 is 6.36 Å². The summed E-state index contributed by atoms with van der Waals surface area (Å²) in [6.07, 6.45) is -3.46. The number of hydrogen-bond acceptors (Lipinski definition) is 7. The van der Waals surface area contributed by atoms with E-state index in [-0.39, 0.29) is 5.75 Å². The highest BCUT2D eigenvalue weighted by Crippen LogP contribution is 2.34. The summed E-state index contributed by atoms with van der Waals surface area (Å²) < 4.78 is 40.3. The zero-order valence-electron chi connectivity index (χ0n) is 10.9. The Labute approximate surface area is 127 Å². The fourth-order valence-corrected chi connectivity index (χ4v) is 2.90. The molecule has 0 radical (unpaired) electrons. The van der Waals surface area contributed by atoms with Crippen LogP contribution in [0.25, 0.3) is 0 Å². The molecule has 116 valence electrons. The molecule has 10 heteroatoms. The van der Waals surface area contributed by atoms with Crippen molar-refractivity contribution in [2.24, 2.45) is 26.4 Å². The molecular formula is C12H10F3N5OS. The van der Waals surface area contributed by atoms with E-state index in [1.54, 1.807) is 0 Å². The van der Waals surface area contributed by atoms with E-state index in [1.807, 2.05) is 0 Å². The van der Waals surface area contributed by atoms with E-state index in [0.717, 1.165) is 0 Å². The third kappa shape index (κ3) is 2.72. The van der Waals surface area contributed by atoms with Crippen LogP contribution in [0.15, 0.2) is 39.2 Å². The summed E-state index contributed by atoms with van der Waals surface area (Å²) in [5.74, 6) is -0.340. The van der Waals surface area contributed by atoms with Crippen molar-refractivity contribution in [2.45, 2.75) is 17.5 Å². The quantitative estimate of drug-likeness (QED) is 0.860. The maximum atomic E-state index is 12.2. The first kappa shape index (κ1) is 15.0. The van der Waals surface area contributed by atoms with E-state index in [9.17, 15) is 13.2 Å². The number of ether oxygens (including phenoxy) is 1. The average molecular weight is 329 g/mol. The number of fused-ring (bicyclic) bond motifs is 1. The molecular weight excluding hydrogens is 319 g/mol. The van der Waals surface area contributed by atoms with Crippen molar-refractivity contribution in [1.82, 2.24) is 0 Å². The number of aliphatic imine (C=N–C) groups is 3. The largest absolute Gasteiger partial charge is 0.573 e. The highest BCUT2D eigenvalue weighted by Gasteiger charge is 2.42. The first-order valence-electron chi connectivity index (χ1n) is 6.05. The van der Waals surface area contributed by atoms with Gasteiger partial charge in [0.1, 0.15) is 22.8 Å². The molecule has 2 aliphatic rings. The van der Waals surface area contributed by atoms with E-state index in [4.69, 9.17) is 11.5 Å². The smallest absolute Gasteiger partial charge is 0.406 e. The Morgan fingerprint density at radius 2 is 1.91 bits per heavy atom. The first-order chi connectivity index (χ1) is 10.3. The predicted octanol–water partition coefficient (Wildman–Crippen LogP) is 1.57. The SMILES string of the molecule is NC1N=C2C(=NC=NC2(N)c2ccc(OC(F)(F)F)cc2)S1. The van der Waals surface area contributed by atoms with Gasteiger partial charge in [-0.3, -0.25) is 10.7 Å². The molecule has 2 unspecified atom stereocenters. The molecule has 0 aliphatic carbocycles. The first-order valence-corrected chi connectivity index (χ1v) is 6.93. The lowest BCUT2D eigenvalue weighted by molar-refractivity contribution is -0.274. The summed E-state index contributed by atoms with van der Waals surface area (Å²) in [4.78, 5) is 12.4. The minimum Gasteiger partial charge on any atom is -0.406 e. The van der Waals surface area contributed by atoms with Crippen molar-refractivity contribution in [3.05, 3.63) is 29.8 Å². The zero-order valence-corrected chi connectivity index (χ0v) is 11.7. The standard InChI is InChI=1S/C12H10F3N5OS/c13-12(14,15)21-7-3-1-6(2-4-7)11(17)8-9(18-5-19-11)22-10(16)20-8/h1-5,10H,16-17H2. The molecule has 0 saturated heterocycles. The van der Waals surface area contributed by atoms with E-state index in [2.05, 4.69) is 19.7 Å². The second-order valence-electron chi connectivity index (χ2n) is 4.50. The Bertz CT molecular complexity index is 685. The second-order valence-corrected chi connectivity index (χ2v) is 5.61. The molecule has 1 aromatic carbocycles. The van der Waals surface area contributed by atoms with Crippen LogP contribution in [0, 0.1) is 0 Å². The summed E-state index contributed by atoms with van der Waals surface area (Å²) in [5, 5.41) is 0.556. The summed E-state index contributed by atoms with van der Waals surface area (Å²) in [5.41, 5.74) is 11.0. The Morgan fingerprint density at radius 1 is 1.23 bits per heavy atom. The Morgan fingerprint density at radius 3 is 2.55 bits per heavy atom. The molecule has 3 rings (SSSR count). The van der Waals surface area contributed by atoms with Gasteiger partial charge in [0, 0.05) is 5.56 Å². The summed E-state index contributed by atoms with van der Waals surface area (Å²) in [6.45, 7) is 0. The Hall–Kier alpha value is -1.91. The van der Waals surface area contributed by atoms with E-state index in [1.165, 1.54) is 42.4 Å². The van der Waals surface area contributed by atoms with Crippen LogP contribution >= 0.6 is 11.8 Å². The summed E-state index contributed by atoms with van der Waals surface area (Å²) in [6, 6.07) is 5.14. The highest BCUT2D eigenvalue weighted by atomic mass is 32.2. The third-order valence-corrected chi connectivity index (χ3v) is 3.89. The maximum Gasteiger partial charge on any atom is 0.573 e. The topological polar surface area (TPSA) is 98.3 Å². The predicted molar refractivity (Wildman–Crippen MR) is 77.9 cm³/mol. The van der Waals surface area contributed by atoms with E-state index >= 15 is 0 Å². The van der Waals surface area contributed by atoms with Crippen molar-refractivity contribution >= 4 is 28.9 Å². The number of thioether (sulfide) groups is 1. The lowest BCUT2D eigenvalue weighted by Gasteiger charge is -2.27. The highest BCUT2D eigenvalue weighted by molar-refractivity contribution is 8.16. The fourth-order valence-electron chi connectivity index (χ4n) is 2.09. The van der Waals surface area contributed by atoms with Crippen molar-refractivity contribution in [1.29, 1.82) is 0 Å². The minimum atomic E-state index is -4.75. The van der Waals surface area contributed by atoms with Gasteiger partial charge in [-0.2, -0.15) is 0 Å². The van der Waals surface area contributed by atoms with Crippen LogP contribution in [-0.4, -0.2) is 29.0 Å². The van der Waals surface area contributed by atoms with Gasteiger partial charge in [-0.25, -0.2) is 9.98 Å². The monoisotopic (exact) mass is 329 g/mol. The third-order valence-electron chi connectivity index (χ3n) is 3.02. The molecule has 0 spiro atoms. The zero-order chi connectivity index (χ0) is 16.0. The molecule has 0 aromatic heterocycles. The van der Waals surface area contributed by atoms with Gasteiger partial charge in [-0.1, -0.05) is 23.9 Å². The summed E-state index contributed by atoms with van der Waals surface area (Å²) >= 11 is 1.24. The van der Waals surface area contributed by atoms with Gasteiger partial charge in [-0.05, 0) is 12.1 Å². The average Bonchev–Trinajstić information content (AvgIpc) is 2.80. The number of nitrogens with two attached hydrogens (primary N) is 2. The second kappa shape index (κ2) is 5.07. The molecule has 4 N–H and O–H groups in total. The van der Waals surface area contributed by atoms with Crippen LogP contribution in [0.4, 0.5) is 13.2 Å². The van der Waals surface area contributed by atoms with Crippen molar-refractivity contribution in [3.8, 4) is 5.75 Å². The number of benzene rings is 1. The van der Waals surface area contributed by atoms with Crippen molar-refractivity contribution < 1.29 is 17.9 Å². The number of hydrogen-bond donors (Lipinski definition) is 2. The van der Waals surface area contributed by atoms with Gasteiger partial charge in [0.25, 0.3) is 0 Å². The van der Waals surface area contributed by atoms with Crippen LogP contribution in [0.2, 0.25) is 0 Å². The van der Waals surface area contributed by atoms with Crippen molar-refractivity contribution in [2.75, 3.05) is 0 Å². The molecule has 0 fully saturated rings. The van der Waals surface area contributed by atoms with E-state index < -0.39 is 17.5 Å². The molecule has 2 aliphatic heterocycles. The molecule has 2 heterocycles. The fraction of sp³-hybridized carbons (Fsp3) is 0.250. The van der Waals surface area contributed by atoms with Gasteiger partial charge in [0.05, 0.1) is 0 Å². The Kier molecular flexibility index (Phi) is 3.46.